The zero-order valence-corrected chi connectivity index (χ0v) is 21.3. The lowest BCUT2D eigenvalue weighted by molar-refractivity contribution is -0.137. The number of aryl methyl sites for hydroxylation is 1. The van der Waals surface area contributed by atoms with Crippen LogP contribution in [0.5, 0.6) is 0 Å². The minimum absolute atomic E-state index is 0.0187. The summed E-state index contributed by atoms with van der Waals surface area (Å²) in [6.45, 7) is 7.13. The monoisotopic (exact) mass is 526 g/mol. The molecule has 0 saturated carbocycles. The first-order chi connectivity index (χ1) is 18.2. The van der Waals surface area contributed by atoms with Crippen LogP contribution in [0.25, 0.3) is 11.4 Å². The summed E-state index contributed by atoms with van der Waals surface area (Å²) in [5, 5.41) is 6.92. The van der Waals surface area contributed by atoms with Crippen LogP contribution in [0.4, 0.5) is 18.9 Å². The van der Waals surface area contributed by atoms with Gasteiger partial charge in [-0.25, -0.2) is 9.67 Å². The molecular weight excluding hydrogens is 497 g/mol. The highest BCUT2D eigenvalue weighted by Gasteiger charge is 2.31. The number of hydrogen-bond donors (Lipinski definition) is 1. The van der Waals surface area contributed by atoms with Gasteiger partial charge in [0.2, 0.25) is 0 Å². The summed E-state index contributed by atoms with van der Waals surface area (Å²) in [6.07, 6.45) is 4.80. The highest BCUT2D eigenvalue weighted by molar-refractivity contribution is 6.05. The summed E-state index contributed by atoms with van der Waals surface area (Å²) in [6, 6.07) is 4.21. The van der Waals surface area contributed by atoms with Crippen LogP contribution in [-0.2, 0) is 10.9 Å². The van der Waals surface area contributed by atoms with Gasteiger partial charge in [-0.05, 0) is 62.4 Å². The minimum atomic E-state index is -4.51. The van der Waals surface area contributed by atoms with E-state index < -0.39 is 17.6 Å². The van der Waals surface area contributed by atoms with E-state index in [9.17, 15) is 18.0 Å². The van der Waals surface area contributed by atoms with Crippen molar-refractivity contribution in [2.75, 3.05) is 31.6 Å². The molecule has 4 heterocycles. The zero-order chi connectivity index (χ0) is 26.9. The second-order valence-corrected chi connectivity index (χ2v) is 9.61. The van der Waals surface area contributed by atoms with Gasteiger partial charge in [-0.2, -0.15) is 18.3 Å². The van der Waals surface area contributed by atoms with E-state index >= 15 is 0 Å². The third-order valence-corrected chi connectivity index (χ3v) is 7.13. The first kappa shape index (κ1) is 26.1. The summed E-state index contributed by atoms with van der Waals surface area (Å²) in [4.78, 5) is 24.1. The number of pyridine rings is 2. The molecule has 0 spiro atoms. The number of carbonyl (C=O) groups excluding carboxylic acids is 1. The third-order valence-electron chi connectivity index (χ3n) is 7.13. The molecule has 38 heavy (non-hydrogen) atoms. The number of hydrogen-bond acceptors (Lipinski definition) is 6. The van der Waals surface area contributed by atoms with Gasteiger partial charge in [-0.1, -0.05) is 6.08 Å². The Morgan fingerprint density at radius 1 is 1.13 bits per heavy atom. The van der Waals surface area contributed by atoms with E-state index in [1.165, 1.54) is 16.5 Å². The molecule has 1 amide bonds. The second kappa shape index (κ2) is 10.7. The van der Waals surface area contributed by atoms with Gasteiger partial charge in [0.1, 0.15) is 0 Å². The number of nitrogens with zero attached hydrogens (tertiary/aromatic N) is 5. The van der Waals surface area contributed by atoms with Gasteiger partial charge in [-0.3, -0.25) is 14.7 Å². The number of ether oxygens (including phenoxy) is 1. The van der Waals surface area contributed by atoms with Crippen LogP contribution in [-0.4, -0.2) is 62.9 Å². The Morgan fingerprint density at radius 2 is 1.92 bits per heavy atom. The molecular formula is C27H29F3N6O2. The first-order valence-electron chi connectivity index (χ1n) is 12.6. The van der Waals surface area contributed by atoms with Crippen LogP contribution in [0.15, 0.2) is 42.9 Å². The number of allylic oxidation sites excluding steroid dienone is 1. The Kier molecular flexibility index (Phi) is 7.31. The van der Waals surface area contributed by atoms with Crippen molar-refractivity contribution in [3.8, 4) is 5.82 Å². The van der Waals surface area contributed by atoms with E-state index in [1.807, 2.05) is 13.0 Å². The molecule has 0 aromatic carbocycles. The van der Waals surface area contributed by atoms with Crippen molar-refractivity contribution in [3.05, 3.63) is 70.9 Å². The van der Waals surface area contributed by atoms with Crippen LogP contribution < -0.4 is 5.32 Å². The van der Waals surface area contributed by atoms with Crippen LogP contribution >= 0.6 is 0 Å². The molecule has 3 aromatic rings. The largest absolute Gasteiger partial charge is 0.416 e. The highest BCUT2D eigenvalue weighted by atomic mass is 19.4. The van der Waals surface area contributed by atoms with Crippen molar-refractivity contribution < 1.29 is 22.7 Å². The fraction of sp³-hybridized carbons (Fsp3) is 0.407. The molecule has 5 rings (SSSR count). The Labute approximate surface area is 218 Å². The van der Waals surface area contributed by atoms with E-state index in [1.54, 1.807) is 13.1 Å². The van der Waals surface area contributed by atoms with E-state index in [4.69, 9.17) is 4.74 Å². The lowest BCUT2D eigenvalue weighted by Crippen LogP contribution is -2.43. The average Bonchev–Trinajstić information content (AvgIpc) is 3.30. The first-order valence-corrected chi connectivity index (χ1v) is 12.6. The molecule has 3 aromatic heterocycles. The molecule has 0 bridgehead atoms. The van der Waals surface area contributed by atoms with Crippen LogP contribution in [0.3, 0.4) is 0 Å². The van der Waals surface area contributed by atoms with Gasteiger partial charge < -0.3 is 10.1 Å². The fourth-order valence-corrected chi connectivity index (χ4v) is 5.06. The minimum Gasteiger partial charge on any atom is -0.379 e. The summed E-state index contributed by atoms with van der Waals surface area (Å²) in [5.74, 6) is -0.449. The molecule has 1 saturated heterocycles. The van der Waals surface area contributed by atoms with Gasteiger partial charge in [0.25, 0.3) is 5.91 Å². The Morgan fingerprint density at radius 3 is 2.61 bits per heavy atom. The van der Waals surface area contributed by atoms with Gasteiger partial charge in [0.15, 0.2) is 5.82 Å². The second-order valence-electron chi connectivity index (χ2n) is 9.61. The fourth-order valence-electron chi connectivity index (χ4n) is 5.06. The van der Waals surface area contributed by atoms with Crippen molar-refractivity contribution in [2.24, 2.45) is 0 Å². The molecule has 0 radical (unpaired) electrons. The van der Waals surface area contributed by atoms with Crippen LogP contribution in [0.2, 0.25) is 0 Å². The van der Waals surface area contributed by atoms with E-state index in [-0.39, 0.29) is 11.4 Å². The Balaban J connectivity index is 1.27. The zero-order valence-electron chi connectivity index (χ0n) is 21.3. The SMILES string of the molecule is Cc1cc(NC(=O)c2cnn(-c3cc(C(F)(F)F)ccn3)c2C)cnc1C1=CCC(N2CCOCC2)CC1. The molecule has 11 heteroatoms. The molecule has 1 aliphatic carbocycles. The van der Waals surface area contributed by atoms with Crippen molar-refractivity contribution in [3.63, 3.8) is 0 Å². The molecule has 1 N–H and O–H groups in total. The number of rotatable bonds is 5. The third kappa shape index (κ3) is 5.48. The van der Waals surface area contributed by atoms with Crippen molar-refractivity contribution in [1.29, 1.82) is 0 Å². The normalized spacial score (nSPS) is 18.8. The van der Waals surface area contributed by atoms with E-state index in [0.29, 0.717) is 17.4 Å². The molecule has 1 atom stereocenters. The molecule has 2 aliphatic rings. The number of alkyl halides is 3. The maximum Gasteiger partial charge on any atom is 0.416 e. The Bertz CT molecular complexity index is 1360. The van der Waals surface area contributed by atoms with E-state index in [2.05, 4.69) is 31.4 Å². The molecule has 1 unspecified atom stereocenters. The van der Waals surface area contributed by atoms with Crippen LogP contribution in [0.1, 0.15) is 52.1 Å². The van der Waals surface area contributed by atoms with Gasteiger partial charge in [0.05, 0.1) is 53.8 Å². The summed E-state index contributed by atoms with van der Waals surface area (Å²) in [7, 11) is 0. The predicted molar refractivity (Wildman–Crippen MR) is 136 cm³/mol. The average molecular weight is 527 g/mol. The number of halogens is 3. The molecule has 8 nitrogen and oxygen atoms in total. The van der Waals surface area contributed by atoms with Crippen molar-refractivity contribution in [1.82, 2.24) is 24.6 Å². The molecule has 200 valence electrons. The Hall–Kier alpha value is -3.57. The van der Waals surface area contributed by atoms with Crippen molar-refractivity contribution in [2.45, 2.75) is 45.3 Å². The number of amides is 1. The van der Waals surface area contributed by atoms with Gasteiger partial charge >= 0.3 is 6.18 Å². The number of carbonyl (C=O) groups is 1. The number of aromatic nitrogens is 4. The number of morpholine rings is 1. The molecule has 1 fully saturated rings. The standard InChI is InChI=1S/C27H29F3N6O2/c1-17-13-21(15-32-25(17)19-3-5-22(6-4-19)35-9-11-38-12-10-35)34-26(37)23-16-33-36(18(23)2)24-14-20(7-8-31-24)27(28,29)30/h3,7-8,13-16,22H,4-6,9-12H2,1-2H3,(H,34,37). The lowest BCUT2D eigenvalue weighted by Gasteiger charge is -2.36. The lowest BCUT2D eigenvalue weighted by atomic mass is 9.90. The smallest absolute Gasteiger partial charge is 0.379 e. The predicted octanol–water partition coefficient (Wildman–Crippen LogP) is 4.82. The summed E-state index contributed by atoms with van der Waals surface area (Å²) >= 11 is 0. The summed E-state index contributed by atoms with van der Waals surface area (Å²) in [5.41, 5.74) is 3.41. The molecule has 1 aliphatic heterocycles. The van der Waals surface area contributed by atoms with E-state index in [0.717, 1.165) is 75.2 Å². The quantitative estimate of drug-likeness (QED) is 0.513. The van der Waals surface area contributed by atoms with Crippen molar-refractivity contribution >= 4 is 17.2 Å². The topological polar surface area (TPSA) is 85.2 Å². The van der Waals surface area contributed by atoms with Gasteiger partial charge in [0, 0.05) is 25.3 Å². The van der Waals surface area contributed by atoms with Gasteiger partial charge in [-0.15, -0.1) is 0 Å². The maximum absolute atomic E-state index is 13.1. The highest BCUT2D eigenvalue weighted by Crippen LogP contribution is 2.32. The number of nitrogens with one attached hydrogen (secondary N) is 1. The summed E-state index contributed by atoms with van der Waals surface area (Å²) < 4.78 is 46.0. The van der Waals surface area contributed by atoms with Crippen LogP contribution in [0, 0.1) is 13.8 Å². The maximum atomic E-state index is 13.1. The number of anilines is 1.